The van der Waals surface area contributed by atoms with E-state index in [2.05, 4.69) is 28.1 Å². The van der Waals surface area contributed by atoms with E-state index in [0.29, 0.717) is 12.0 Å². The molecule has 0 bridgehead atoms. The summed E-state index contributed by atoms with van der Waals surface area (Å²) in [4.78, 5) is 6.81. The van der Waals surface area contributed by atoms with Crippen LogP contribution in [-0.2, 0) is 0 Å². The first-order valence-corrected chi connectivity index (χ1v) is 6.28. The minimum absolute atomic E-state index is 0.296. The summed E-state index contributed by atoms with van der Waals surface area (Å²) in [6.45, 7) is 6.23. The lowest BCUT2D eigenvalue weighted by molar-refractivity contribution is 0.505. The van der Waals surface area contributed by atoms with Crippen molar-refractivity contribution in [1.82, 2.24) is 9.36 Å². The Morgan fingerprint density at radius 2 is 2.33 bits per heavy atom. The Balaban J connectivity index is 2.08. The average molecular weight is 226 g/mol. The largest absolute Gasteiger partial charge is 0.345 e. The van der Waals surface area contributed by atoms with Crippen LogP contribution in [0, 0.1) is 0 Å². The number of hydrogen-bond acceptors (Lipinski definition) is 5. The molecule has 0 spiro atoms. The van der Waals surface area contributed by atoms with Gasteiger partial charge >= 0.3 is 0 Å². The van der Waals surface area contributed by atoms with Gasteiger partial charge < -0.3 is 10.6 Å². The predicted octanol–water partition coefficient (Wildman–Crippen LogP) is 1.59. The first-order valence-electron chi connectivity index (χ1n) is 5.51. The summed E-state index contributed by atoms with van der Waals surface area (Å²) in [7, 11) is 0. The fourth-order valence-corrected chi connectivity index (χ4v) is 2.62. The average Bonchev–Trinajstić information content (AvgIpc) is 2.66. The first-order chi connectivity index (χ1) is 7.16. The van der Waals surface area contributed by atoms with Crippen LogP contribution >= 0.6 is 11.5 Å². The first kappa shape index (κ1) is 10.8. The highest BCUT2D eigenvalue weighted by molar-refractivity contribution is 7.09. The van der Waals surface area contributed by atoms with Crippen LogP contribution in [0.25, 0.3) is 0 Å². The molecule has 0 radical (unpaired) electrons. The van der Waals surface area contributed by atoms with Gasteiger partial charge in [0, 0.05) is 36.6 Å². The van der Waals surface area contributed by atoms with Gasteiger partial charge in [-0.1, -0.05) is 13.8 Å². The molecule has 1 unspecified atom stereocenters. The van der Waals surface area contributed by atoms with E-state index in [0.717, 1.165) is 36.9 Å². The van der Waals surface area contributed by atoms with E-state index < -0.39 is 0 Å². The van der Waals surface area contributed by atoms with Crippen molar-refractivity contribution in [2.45, 2.75) is 38.6 Å². The van der Waals surface area contributed by atoms with Crippen LogP contribution in [0.15, 0.2) is 0 Å². The number of aromatic nitrogens is 2. The lowest BCUT2D eigenvalue weighted by Gasteiger charge is -2.29. The van der Waals surface area contributed by atoms with Crippen molar-refractivity contribution < 1.29 is 0 Å². The number of anilines is 1. The van der Waals surface area contributed by atoms with Gasteiger partial charge in [0.2, 0.25) is 5.13 Å². The van der Waals surface area contributed by atoms with Gasteiger partial charge in [-0.3, -0.25) is 0 Å². The molecule has 84 valence electrons. The Hall–Kier alpha value is -0.680. The topological polar surface area (TPSA) is 55.0 Å². The van der Waals surface area contributed by atoms with Crippen molar-refractivity contribution in [3.63, 3.8) is 0 Å². The molecule has 2 N–H and O–H groups in total. The Labute approximate surface area is 94.7 Å². The van der Waals surface area contributed by atoms with E-state index in [4.69, 9.17) is 5.73 Å². The summed E-state index contributed by atoms with van der Waals surface area (Å²) < 4.78 is 4.36. The summed E-state index contributed by atoms with van der Waals surface area (Å²) in [5.41, 5.74) is 5.94. The Kier molecular flexibility index (Phi) is 3.21. The fraction of sp³-hybridized carbons (Fsp3) is 0.800. The lowest BCUT2D eigenvalue weighted by Crippen LogP contribution is -2.42. The zero-order valence-corrected chi connectivity index (χ0v) is 10.1. The number of rotatable bonds is 2. The van der Waals surface area contributed by atoms with Crippen molar-refractivity contribution in [2.24, 2.45) is 5.73 Å². The van der Waals surface area contributed by atoms with Gasteiger partial charge in [0.1, 0.15) is 5.82 Å². The molecule has 0 amide bonds. The van der Waals surface area contributed by atoms with Gasteiger partial charge in [0.05, 0.1) is 0 Å². The minimum Gasteiger partial charge on any atom is -0.345 e. The quantitative estimate of drug-likeness (QED) is 0.832. The van der Waals surface area contributed by atoms with Crippen LogP contribution in [0.1, 0.15) is 38.4 Å². The Morgan fingerprint density at radius 3 is 2.93 bits per heavy atom. The molecule has 0 aromatic carbocycles. The SMILES string of the molecule is CC(C)c1nsc(N2CCCC(N)C2)n1. The Morgan fingerprint density at radius 1 is 1.53 bits per heavy atom. The van der Waals surface area contributed by atoms with Crippen LogP contribution in [-0.4, -0.2) is 28.5 Å². The van der Waals surface area contributed by atoms with Crippen LogP contribution in [0.5, 0.6) is 0 Å². The van der Waals surface area contributed by atoms with Crippen molar-refractivity contribution in [1.29, 1.82) is 0 Å². The highest BCUT2D eigenvalue weighted by Crippen LogP contribution is 2.23. The molecule has 4 nitrogen and oxygen atoms in total. The van der Waals surface area contributed by atoms with Gasteiger partial charge in [-0.25, -0.2) is 4.98 Å². The molecule has 1 fully saturated rings. The molecule has 15 heavy (non-hydrogen) atoms. The number of nitrogens with zero attached hydrogens (tertiary/aromatic N) is 3. The molecule has 1 aromatic heterocycles. The second-order valence-corrected chi connectivity index (χ2v) is 5.17. The zero-order valence-electron chi connectivity index (χ0n) is 9.31. The highest BCUT2D eigenvalue weighted by Gasteiger charge is 2.20. The van der Waals surface area contributed by atoms with E-state index in [9.17, 15) is 0 Å². The maximum absolute atomic E-state index is 5.94. The standard InChI is InChI=1S/C10H18N4S/c1-7(2)9-12-10(15-13-9)14-5-3-4-8(11)6-14/h7-8H,3-6,11H2,1-2H3. The van der Waals surface area contributed by atoms with Gasteiger partial charge in [-0.2, -0.15) is 4.37 Å². The van der Waals surface area contributed by atoms with E-state index in [1.54, 1.807) is 0 Å². The number of hydrogen-bond donors (Lipinski definition) is 1. The molecule has 0 aliphatic carbocycles. The second kappa shape index (κ2) is 4.45. The summed E-state index contributed by atoms with van der Waals surface area (Å²) in [6.07, 6.45) is 2.30. The van der Waals surface area contributed by atoms with E-state index in [1.165, 1.54) is 11.5 Å². The third kappa shape index (κ3) is 2.46. The third-order valence-corrected chi connectivity index (χ3v) is 3.47. The maximum Gasteiger partial charge on any atom is 0.205 e. The van der Waals surface area contributed by atoms with Crippen LogP contribution in [0.2, 0.25) is 0 Å². The van der Waals surface area contributed by atoms with Crippen molar-refractivity contribution in [3.05, 3.63) is 5.82 Å². The minimum atomic E-state index is 0.296. The van der Waals surface area contributed by atoms with Gasteiger partial charge in [0.25, 0.3) is 0 Å². The Bertz CT molecular complexity index is 323. The monoisotopic (exact) mass is 226 g/mol. The highest BCUT2D eigenvalue weighted by atomic mass is 32.1. The van der Waals surface area contributed by atoms with Gasteiger partial charge in [-0.15, -0.1) is 0 Å². The summed E-state index contributed by atoms with van der Waals surface area (Å²) in [5, 5.41) is 1.04. The summed E-state index contributed by atoms with van der Waals surface area (Å²) >= 11 is 1.50. The zero-order chi connectivity index (χ0) is 10.8. The van der Waals surface area contributed by atoms with Gasteiger partial charge in [-0.05, 0) is 12.8 Å². The molecule has 1 aliphatic heterocycles. The van der Waals surface area contributed by atoms with Gasteiger partial charge in [0.15, 0.2) is 0 Å². The number of piperidine rings is 1. The molecule has 1 saturated heterocycles. The third-order valence-electron chi connectivity index (χ3n) is 2.68. The van der Waals surface area contributed by atoms with Crippen LogP contribution in [0.4, 0.5) is 5.13 Å². The van der Waals surface area contributed by atoms with E-state index in [1.807, 2.05) is 0 Å². The molecule has 0 saturated carbocycles. The van der Waals surface area contributed by atoms with Crippen molar-refractivity contribution >= 4 is 16.7 Å². The van der Waals surface area contributed by atoms with E-state index >= 15 is 0 Å². The van der Waals surface area contributed by atoms with E-state index in [-0.39, 0.29) is 0 Å². The smallest absolute Gasteiger partial charge is 0.205 e. The summed E-state index contributed by atoms with van der Waals surface area (Å²) in [5.74, 6) is 1.36. The van der Waals surface area contributed by atoms with Crippen LogP contribution in [0.3, 0.4) is 0 Å². The molecule has 2 heterocycles. The molecule has 2 rings (SSSR count). The maximum atomic E-state index is 5.94. The molecule has 1 atom stereocenters. The molecular weight excluding hydrogens is 208 g/mol. The predicted molar refractivity (Wildman–Crippen MR) is 63.4 cm³/mol. The fourth-order valence-electron chi connectivity index (χ4n) is 1.77. The molecule has 1 aliphatic rings. The summed E-state index contributed by atoms with van der Waals surface area (Å²) in [6, 6.07) is 0.296. The lowest BCUT2D eigenvalue weighted by atomic mass is 10.1. The molecular formula is C10H18N4S. The van der Waals surface area contributed by atoms with Crippen molar-refractivity contribution in [2.75, 3.05) is 18.0 Å². The van der Waals surface area contributed by atoms with Crippen LogP contribution < -0.4 is 10.6 Å². The van der Waals surface area contributed by atoms with Crippen molar-refractivity contribution in [3.8, 4) is 0 Å². The number of nitrogens with two attached hydrogens (primary N) is 1. The second-order valence-electron chi connectivity index (χ2n) is 4.44. The molecule has 5 heteroatoms. The normalized spacial score (nSPS) is 22.4. The molecule has 1 aromatic rings.